The van der Waals surface area contributed by atoms with Crippen molar-refractivity contribution in [3.8, 4) is 0 Å². The first kappa shape index (κ1) is 25.9. The van der Waals surface area contributed by atoms with E-state index in [0.29, 0.717) is 5.41 Å². The van der Waals surface area contributed by atoms with E-state index in [1.165, 1.54) is 64.2 Å². The van der Waals surface area contributed by atoms with Crippen molar-refractivity contribution in [1.29, 1.82) is 0 Å². The first-order valence-corrected chi connectivity index (χ1v) is 10.0. The third-order valence-electron chi connectivity index (χ3n) is 5.44. The van der Waals surface area contributed by atoms with Crippen molar-refractivity contribution in [1.82, 2.24) is 0 Å². The fraction of sp³-hybridized carbons (Fsp3) is 1.00. The quantitative estimate of drug-likeness (QED) is 0.399. The van der Waals surface area contributed by atoms with Crippen LogP contribution >= 0.6 is 0 Å². The minimum absolute atomic E-state index is 0.667. The van der Waals surface area contributed by atoms with Gasteiger partial charge in [-0.3, -0.25) is 0 Å². The van der Waals surface area contributed by atoms with Crippen LogP contribution in [0.15, 0.2) is 0 Å². The van der Waals surface area contributed by atoms with Gasteiger partial charge in [-0.25, -0.2) is 0 Å². The molecule has 0 aromatic rings. The Morgan fingerprint density at radius 2 is 0.810 bits per heavy atom. The predicted molar refractivity (Wildman–Crippen MR) is 103 cm³/mol. The Kier molecular flexibility index (Phi) is 24.7. The smallest absolute Gasteiger partial charge is 0.0308 e. The van der Waals surface area contributed by atoms with E-state index >= 15 is 0 Å². The molecule has 0 heteroatoms. The van der Waals surface area contributed by atoms with Gasteiger partial charge in [0.05, 0.1) is 0 Å². The predicted octanol–water partition coefficient (Wildman–Crippen LogP) is 8.64. The molecule has 21 heavy (non-hydrogen) atoms. The Bertz CT molecular complexity index is 126. The first-order chi connectivity index (χ1) is 10.0. The summed E-state index contributed by atoms with van der Waals surface area (Å²) in [6, 6.07) is 0. The van der Waals surface area contributed by atoms with E-state index in [1.807, 2.05) is 0 Å². The maximum atomic E-state index is 2.30. The Hall–Kier alpha value is 0. The summed E-state index contributed by atoms with van der Waals surface area (Å²) in [5, 5.41) is 0. The van der Waals surface area contributed by atoms with Crippen LogP contribution in [-0.2, 0) is 0 Å². The molecular weight excluding hydrogens is 252 g/mol. The van der Waals surface area contributed by atoms with E-state index in [0.717, 1.165) is 5.92 Å². The maximum absolute atomic E-state index is 2.30. The van der Waals surface area contributed by atoms with Gasteiger partial charge >= 0.3 is 0 Å². The zero-order valence-electron chi connectivity index (χ0n) is 17.1. The highest BCUT2D eigenvalue weighted by atomic mass is 14.3. The Morgan fingerprint density at radius 3 is 0.810 bits per heavy atom. The van der Waals surface area contributed by atoms with Crippen LogP contribution in [-0.4, -0.2) is 0 Å². The number of hydrogen-bond donors (Lipinski definition) is 0. The van der Waals surface area contributed by atoms with Gasteiger partial charge < -0.3 is 0 Å². The second kappa shape index (κ2) is 20.0. The van der Waals surface area contributed by atoms with E-state index in [9.17, 15) is 0 Å². The maximum Gasteiger partial charge on any atom is -0.0308 e. The van der Waals surface area contributed by atoms with Gasteiger partial charge in [-0.15, -0.1) is 0 Å². The van der Waals surface area contributed by atoms with Crippen LogP contribution in [0.5, 0.6) is 0 Å². The molecule has 0 nitrogen and oxygen atoms in total. The average Bonchev–Trinajstić information content (AvgIpc) is 2.54. The van der Waals surface area contributed by atoms with E-state index in [2.05, 4.69) is 62.3 Å². The highest BCUT2D eigenvalue weighted by Crippen LogP contribution is 2.33. The Balaban J connectivity index is -0.000000242. The summed E-state index contributed by atoms with van der Waals surface area (Å²) in [6.07, 6.45) is 13.5. The molecule has 0 N–H and O–H groups in total. The van der Waals surface area contributed by atoms with E-state index in [4.69, 9.17) is 0 Å². The molecule has 0 aliphatic heterocycles. The van der Waals surface area contributed by atoms with Gasteiger partial charge in [-0.05, 0) is 11.3 Å². The third-order valence-corrected chi connectivity index (χ3v) is 5.44. The zero-order valence-corrected chi connectivity index (χ0v) is 17.1. The van der Waals surface area contributed by atoms with Crippen molar-refractivity contribution in [3.63, 3.8) is 0 Å². The molecule has 0 unspecified atom stereocenters. The fourth-order valence-electron chi connectivity index (χ4n) is 2.72. The third kappa shape index (κ3) is 16.2. The lowest BCUT2D eigenvalue weighted by Gasteiger charge is -2.28. The van der Waals surface area contributed by atoms with Crippen LogP contribution in [0.1, 0.15) is 127 Å². The molecule has 0 fully saturated rings. The van der Waals surface area contributed by atoms with Gasteiger partial charge in [-0.2, -0.15) is 0 Å². The highest BCUT2D eigenvalue weighted by molar-refractivity contribution is 4.72. The minimum atomic E-state index is 0.667. The van der Waals surface area contributed by atoms with Gasteiger partial charge in [0.15, 0.2) is 0 Å². The summed E-state index contributed by atoms with van der Waals surface area (Å²) in [4.78, 5) is 0. The lowest BCUT2D eigenvalue weighted by Crippen LogP contribution is -2.15. The standard InChI is InChI=1S/C9H20.C7H16.C5H12/c1-5-9(6-2,7-3)8-4;1-4-7(5-2)6-3;1-3-5-4-2/h5-8H2,1-4H3;7H,4-6H2,1-3H3;3-5H2,1-2H3. The lowest BCUT2D eigenvalue weighted by molar-refractivity contribution is 0.240. The van der Waals surface area contributed by atoms with Gasteiger partial charge in [0.25, 0.3) is 0 Å². The summed E-state index contributed by atoms with van der Waals surface area (Å²) >= 11 is 0. The van der Waals surface area contributed by atoms with Crippen LogP contribution in [0.3, 0.4) is 0 Å². The molecule has 0 aromatic heterocycles. The summed E-state index contributed by atoms with van der Waals surface area (Å²) in [6.45, 7) is 20.4. The zero-order chi connectivity index (χ0) is 17.1. The van der Waals surface area contributed by atoms with Crippen LogP contribution in [0.25, 0.3) is 0 Å². The molecule has 0 saturated carbocycles. The van der Waals surface area contributed by atoms with E-state index in [-0.39, 0.29) is 0 Å². The van der Waals surface area contributed by atoms with E-state index < -0.39 is 0 Å². The van der Waals surface area contributed by atoms with Crippen molar-refractivity contribution >= 4 is 0 Å². The van der Waals surface area contributed by atoms with Crippen LogP contribution in [0, 0.1) is 11.3 Å². The molecular formula is C21H48. The van der Waals surface area contributed by atoms with Crippen LogP contribution in [0.2, 0.25) is 0 Å². The Labute approximate surface area is 138 Å². The molecule has 0 rings (SSSR count). The SMILES string of the molecule is CCC(CC)(CC)CC.CCC(CC)CC.CCCCC. The van der Waals surface area contributed by atoms with Gasteiger partial charge in [0.2, 0.25) is 0 Å². The number of hydrogen-bond acceptors (Lipinski definition) is 0. The van der Waals surface area contributed by atoms with Crippen molar-refractivity contribution in [2.24, 2.45) is 11.3 Å². The van der Waals surface area contributed by atoms with E-state index in [1.54, 1.807) is 0 Å². The summed E-state index contributed by atoms with van der Waals surface area (Å²) in [7, 11) is 0. The molecule has 0 amide bonds. The fourth-order valence-corrected chi connectivity index (χ4v) is 2.72. The van der Waals surface area contributed by atoms with Crippen molar-refractivity contribution in [3.05, 3.63) is 0 Å². The van der Waals surface area contributed by atoms with Gasteiger partial charge in [-0.1, -0.05) is 127 Å². The largest absolute Gasteiger partial charge is 0.0654 e. The molecule has 0 heterocycles. The Morgan fingerprint density at radius 1 is 0.524 bits per heavy atom. The van der Waals surface area contributed by atoms with Gasteiger partial charge in [0, 0.05) is 0 Å². The molecule has 0 aliphatic carbocycles. The minimum Gasteiger partial charge on any atom is -0.0654 e. The molecule has 0 spiro atoms. The monoisotopic (exact) mass is 300 g/mol. The molecule has 0 bridgehead atoms. The summed E-state index contributed by atoms with van der Waals surface area (Å²) < 4.78 is 0. The second-order valence-corrected chi connectivity index (χ2v) is 6.36. The first-order valence-electron chi connectivity index (χ1n) is 10.0. The molecule has 0 aromatic carbocycles. The summed E-state index contributed by atoms with van der Waals surface area (Å²) in [5.74, 6) is 0.986. The molecule has 0 radical (unpaired) electrons. The summed E-state index contributed by atoms with van der Waals surface area (Å²) in [5.41, 5.74) is 0.667. The molecule has 0 aliphatic rings. The number of rotatable bonds is 9. The molecule has 0 atom stereocenters. The van der Waals surface area contributed by atoms with Gasteiger partial charge in [0.1, 0.15) is 0 Å². The lowest BCUT2D eigenvalue weighted by atomic mass is 9.78. The van der Waals surface area contributed by atoms with Crippen molar-refractivity contribution < 1.29 is 0 Å². The second-order valence-electron chi connectivity index (χ2n) is 6.36. The van der Waals surface area contributed by atoms with Crippen molar-refractivity contribution in [2.75, 3.05) is 0 Å². The van der Waals surface area contributed by atoms with Crippen LogP contribution in [0.4, 0.5) is 0 Å². The van der Waals surface area contributed by atoms with Crippen LogP contribution < -0.4 is 0 Å². The highest BCUT2D eigenvalue weighted by Gasteiger charge is 2.20. The molecule has 132 valence electrons. The number of unbranched alkanes of at least 4 members (excludes halogenated alkanes) is 2. The normalized spacial score (nSPS) is 10.6. The topological polar surface area (TPSA) is 0 Å². The average molecular weight is 301 g/mol. The van der Waals surface area contributed by atoms with Crippen molar-refractivity contribution in [2.45, 2.75) is 127 Å². The molecule has 0 saturated heterocycles.